The van der Waals surface area contributed by atoms with E-state index in [2.05, 4.69) is 0 Å². The van der Waals surface area contributed by atoms with Crippen LogP contribution in [0.15, 0.2) is 48.5 Å². The molecule has 0 bridgehead atoms. The Hall–Kier alpha value is -5.13. The summed E-state index contributed by atoms with van der Waals surface area (Å²) in [6, 6.07) is 12.1. The fourth-order valence-electron chi connectivity index (χ4n) is 4.66. The summed E-state index contributed by atoms with van der Waals surface area (Å²) < 4.78 is 32.5. The zero-order chi connectivity index (χ0) is 31.7. The Balaban J connectivity index is 2.05. The Labute approximate surface area is 249 Å². The number of rotatable bonds is 15. The molecule has 12 nitrogen and oxygen atoms in total. The summed E-state index contributed by atoms with van der Waals surface area (Å²) in [6.07, 6.45) is -0.402. The molecule has 0 radical (unpaired) electrons. The molecule has 0 saturated carbocycles. The number of primary amides is 1. The first-order valence-corrected chi connectivity index (χ1v) is 13.1. The van der Waals surface area contributed by atoms with Crippen LogP contribution in [0.5, 0.6) is 34.5 Å². The van der Waals surface area contributed by atoms with Crippen molar-refractivity contribution in [3.63, 3.8) is 0 Å². The fourth-order valence-corrected chi connectivity index (χ4v) is 4.66. The summed E-state index contributed by atoms with van der Waals surface area (Å²) in [6.45, 7) is -0.139. The molecule has 12 heteroatoms. The fraction of sp³-hybridized carbons (Fsp3) is 0.323. The van der Waals surface area contributed by atoms with Gasteiger partial charge < -0.3 is 44.2 Å². The van der Waals surface area contributed by atoms with Crippen LogP contribution >= 0.6 is 0 Å². The first kappa shape index (κ1) is 32.4. The van der Waals surface area contributed by atoms with Crippen molar-refractivity contribution in [3.8, 4) is 45.6 Å². The minimum Gasteiger partial charge on any atom is -0.493 e. The molecule has 3 rings (SSSR count). The quantitative estimate of drug-likeness (QED) is 0.265. The highest BCUT2D eigenvalue weighted by Gasteiger charge is 2.31. The number of ether oxygens (including phenoxy) is 6. The van der Waals surface area contributed by atoms with Gasteiger partial charge in [-0.2, -0.15) is 0 Å². The smallest absolute Gasteiger partial charge is 0.326 e. The molecular formula is C31H36N2O10. The molecule has 0 fully saturated rings. The molecule has 1 atom stereocenters. The average molecular weight is 597 g/mol. The van der Waals surface area contributed by atoms with Crippen LogP contribution in [0.1, 0.15) is 28.8 Å². The molecule has 0 aliphatic rings. The van der Waals surface area contributed by atoms with Crippen LogP contribution in [-0.2, 0) is 16.1 Å². The van der Waals surface area contributed by atoms with Crippen molar-refractivity contribution >= 4 is 17.8 Å². The highest BCUT2D eigenvalue weighted by molar-refractivity contribution is 5.97. The summed E-state index contributed by atoms with van der Waals surface area (Å²) in [5.74, 6) is -0.138. The Bertz CT molecular complexity index is 1410. The average Bonchev–Trinajstić information content (AvgIpc) is 3.02. The number of carbonyl (C=O) groups excluding carboxylic acids is 2. The van der Waals surface area contributed by atoms with E-state index in [1.54, 1.807) is 48.5 Å². The molecule has 0 unspecified atom stereocenters. The maximum Gasteiger partial charge on any atom is 0.326 e. The molecular weight excluding hydrogens is 560 g/mol. The maximum absolute atomic E-state index is 13.9. The zero-order valence-corrected chi connectivity index (χ0v) is 25.0. The van der Waals surface area contributed by atoms with Crippen molar-refractivity contribution in [2.45, 2.75) is 25.4 Å². The Morgan fingerprint density at radius 2 is 1.19 bits per heavy atom. The minimum absolute atomic E-state index is 0.139. The zero-order valence-electron chi connectivity index (χ0n) is 25.0. The number of carboxylic acids is 1. The second kappa shape index (κ2) is 14.7. The van der Waals surface area contributed by atoms with Gasteiger partial charge in [-0.15, -0.1) is 0 Å². The third-order valence-electron chi connectivity index (χ3n) is 6.79. The Kier molecular flexibility index (Phi) is 11.0. The lowest BCUT2D eigenvalue weighted by molar-refractivity contribution is -0.143. The van der Waals surface area contributed by atoms with Crippen LogP contribution in [0.3, 0.4) is 0 Å². The van der Waals surface area contributed by atoms with Crippen molar-refractivity contribution in [1.29, 1.82) is 0 Å². The van der Waals surface area contributed by atoms with Gasteiger partial charge in [-0.3, -0.25) is 9.59 Å². The van der Waals surface area contributed by atoms with Gasteiger partial charge in [-0.25, -0.2) is 4.79 Å². The van der Waals surface area contributed by atoms with Crippen LogP contribution < -0.4 is 34.2 Å². The number of carbonyl (C=O) groups is 3. The van der Waals surface area contributed by atoms with Gasteiger partial charge in [0.2, 0.25) is 17.4 Å². The van der Waals surface area contributed by atoms with Crippen LogP contribution in [0.2, 0.25) is 0 Å². The van der Waals surface area contributed by atoms with E-state index in [4.69, 9.17) is 34.2 Å². The van der Waals surface area contributed by atoms with E-state index in [1.165, 1.54) is 47.6 Å². The van der Waals surface area contributed by atoms with Crippen molar-refractivity contribution in [2.24, 2.45) is 5.73 Å². The third kappa shape index (κ3) is 7.39. The first-order chi connectivity index (χ1) is 20.6. The van der Waals surface area contributed by atoms with E-state index < -0.39 is 23.8 Å². The van der Waals surface area contributed by atoms with Crippen molar-refractivity contribution in [2.75, 3.05) is 42.7 Å². The van der Waals surface area contributed by atoms with Crippen molar-refractivity contribution < 1.29 is 47.9 Å². The van der Waals surface area contributed by atoms with E-state index in [0.717, 1.165) is 11.1 Å². The van der Waals surface area contributed by atoms with Crippen molar-refractivity contribution in [1.82, 2.24) is 4.90 Å². The van der Waals surface area contributed by atoms with Crippen molar-refractivity contribution in [3.05, 3.63) is 59.7 Å². The van der Waals surface area contributed by atoms with Crippen LogP contribution in [0.25, 0.3) is 11.1 Å². The number of amides is 2. The molecule has 0 saturated heterocycles. The molecule has 0 heterocycles. The summed E-state index contributed by atoms with van der Waals surface area (Å²) in [5.41, 5.74) is 7.55. The topological polar surface area (TPSA) is 156 Å². The number of hydrogen-bond acceptors (Lipinski definition) is 9. The summed E-state index contributed by atoms with van der Waals surface area (Å²) in [5, 5.41) is 10.1. The maximum atomic E-state index is 13.9. The molecule has 0 aliphatic heterocycles. The highest BCUT2D eigenvalue weighted by atomic mass is 16.5. The second-order valence-corrected chi connectivity index (χ2v) is 9.32. The summed E-state index contributed by atoms with van der Waals surface area (Å²) in [7, 11) is 8.91. The molecule has 230 valence electrons. The lowest BCUT2D eigenvalue weighted by Gasteiger charge is -2.29. The number of nitrogens with zero attached hydrogens (tertiary/aromatic N) is 1. The van der Waals surface area contributed by atoms with Gasteiger partial charge in [0.05, 0.1) is 42.7 Å². The number of aliphatic carboxylic acids is 1. The number of methoxy groups -OCH3 is 6. The largest absolute Gasteiger partial charge is 0.493 e. The van der Waals surface area contributed by atoms with E-state index in [-0.39, 0.29) is 24.9 Å². The molecule has 2 amide bonds. The molecule has 0 aromatic heterocycles. The van der Waals surface area contributed by atoms with Gasteiger partial charge in [0.15, 0.2) is 23.0 Å². The van der Waals surface area contributed by atoms with E-state index >= 15 is 0 Å². The summed E-state index contributed by atoms with van der Waals surface area (Å²) >= 11 is 0. The lowest BCUT2D eigenvalue weighted by Crippen LogP contribution is -2.45. The van der Waals surface area contributed by atoms with Gasteiger partial charge >= 0.3 is 5.97 Å². The summed E-state index contributed by atoms with van der Waals surface area (Å²) in [4.78, 5) is 39.0. The van der Waals surface area contributed by atoms with E-state index in [1.807, 2.05) is 0 Å². The van der Waals surface area contributed by atoms with Crippen LogP contribution in [0, 0.1) is 0 Å². The van der Waals surface area contributed by atoms with E-state index in [9.17, 15) is 19.5 Å². The molecule has 0 spiro atoms. The Morgan fingerprint density at radius 3 is 1.58 bits per heavy atom. The number of hydrogen-bond donors (Lipinski definition) is 2. The standard InChI is InChI=1S/C31H36N2O10/c1-38-23-13-18(14-24(39-2)28(23)42-5)17-33(22(31(36)37)11-12-27(32)34)30(35)20-9-7-19(8-10-20)21-15-25(40-3)29(43-6)26(16-21)41-4/h7-10,13-16,22H,11-12,17H2,1-6H3,(H2,32,34)(H,36,37)/t22-/m0/s1. The Morgan fingerprint density at radius 1 is 0.721 bits per heavy atom. The second-order valence-electron chi connectivity index (χ2n) is 9.32. The molecule has 0 aliphatic carbocycles. The van der Waals surface area contributed by atoms with Crippen LogP contribution in [-0.4, -0.2) is 76.5 Å². The third-order valence-corrected chi connectivity index (χ3v) is 6.79. The molecule has 3 N–H and O–H groups in total. The first-order valence-electron chi connectivity index (χ1n) is 13.1. The van der Waals surface area contributed by atoms with E-state index in [0.29, 0.717) is 40.1 Å². The highest BCUT2D eigenvalue weighted by Crippen LogP contribution is 2.41. The number of nitrogens with two attached hydrogens (primary N) is 1. The molecule has 3 aromatic rings. The molecule has 43 heavy (non-hydrogen) atoms. The predicted molar refractivity (Wildman–Crippen MR) is 157 cm³/mol. The van der Waals surface area contributed by atoms with Gasteiger partial charge in [-0.1, -0.05) is 12.1 Å². The predicted octanol–water partition coefficient (Wildman–Crippen LogP) is 3.77. The van der Waals surface area contributed by atoms with Gasteiger partial charge in [0, 0.05) is 18.5 Å². The van der Waals surface area contributed by atoms with Gasteiger partial charge in [0.1, 0.15) is 6.04 Å². The van der Waals surface area contributed by atoms with Gasteiger partial charge in [0.25, 0.3) is 5.91 Å². The lowest BCUT2D eigenvalue weighted by atomic mass is 10.0. The number of carboxylic acid groups (broad SMARTS) is 1. The SMILES string of the molecule is COc1cc(CN(C(=O)c2ccc(-c3cc(OC)c(OC)c(OC)c3)cc2)[C@@H](CCC(N)=O)C(=O)O)cc(OC)c1OC. The minimum atomic E-state index is -1.35. The number of benzene rings is 3. The monoisotopic (exact) mass is 596 g/mol. The normalized spacial score (nSPS) is 11.2. The molecule has 3 aromatic carbocycles. The van der Waals surface area contributed by atoms with Gasteiger partial charge in [-0.05, 0) is 59.5 Å². The van der Waals surface area contributed by atoms with Crippen LogP contribution in [0.4, 0.5) is 0 Å².